The standard InChI is InChI=1S/C25H30N2O3/c1-4-19-22(28)20-14-10-15-21(25(29)26-16-11-17-27(5-2)6-3)24(20)30-23(19)18-12-8-7-9-13-18/h7-10,12-15H,4-6,11,16-17H2,1-3H3,(H,26,29). The summed E-state index contributed by atoms with van der Waals surface area (Å²) in [6.45, 7) is 9.73. The van der Waals surface area contributed by atoms with Crippen molar-refractivity contribution in [3.05, 3.63) is 69.9 Å². The molecule has 0 fully saturated rings. The molecule has 2 aromatic carbocycles. The van der Waals surface area contributed by atoms with Crippen molar-refractivity contribution in [2.24, 2.45) is 0 Å². The fourth-order valence-electron chi connectivity index (χ4n) is 3.72. The highest BCUT2D eigenvalue weighted by Gasteiger charge is 2.19. The van der Waals surface area contributed by atoms with E-state index in [-0.39, 0.29) is 11.3 Å². The maximum atomic E-state index is 13.1. The Morgan fingerprint density at radius 1 is 1.00 bits per heavy atom. The first-order chi connectivity index (χ1) is 14.6. The number of para-hydroxylation sites is 1. The topological polar surface area (TPSA) is 62.6 Å². The summed E-state index contributed by atoms with van der Waals surface area (Å²) in [5.74, 6) is 0.323. The van der Waals surface area contributed by atoms with Crippen LogP contribution in [0.15, 0.2) is 57.7 Å². The number of rotatable bonds is 9. The van der Waals surface area contributed by atoms with Gasteiger partial charge in [-0.05, 0) is 44.6 Å². The second-order valence-corrected chi connectivity index (χ2v) is 7.28. The third-order valence-corrected chi connectivity index (χ3v) is 5.48. The van der Waals surface area contributed by atoms with Gasteiger partial charge in [-0.25, -0.2) is 0 Å². The van der Waals surface area contributed by atoms with E-state index in [4.69, 9.17) is 4.42 Å². The monoisotopic (exact) mass is 406 g/mol. The van der Waals surface area contributed by atoms with Gasteiger partial charge in [-0.2, -0.15) is 0 Å². The van der Waals surface area contributed by atoms with E-state index in [1.165, 1.54) is 0 Å². The molecule has 3 rings (SSSR count). The van der Waals surface area contributed by atoms with Gasteiger partial charge in [-0.15, -0.1) is 0 Å². The number of nitrogens with zero attached hydrogens (tertiary/aromatic N) is 1. The van der Waals surface area contributed by atoms with Gasteiger partial charge in [-0.3, -0.25) is 9.59 Å². The molecular formula is C25H30N2O3. The van der Waals surface area contributed by atoms with E-state index >= 15 is 0 Å². The van der Waals surface area contributed by atoms with E-state index in [2.05, 4.69) is 24.1 Å². The van der Waals surface area contributed by atoms with Crippen molar-refractivity contribution in [1.82, 2.24) is 10.2 Å². The molecule has 1 aromatic heterocycles. The zero-order valence-electron chi connectivity index (χ0n) is 18.0. The number of hydrogen-bond acceptors (Lipinski definition) is 4. The van der Waals surface area contributed by atoms with Crippen LogP contribution in [0.3, 0.4) is 0 Å². The van der Waals surface area contributed by atoms with Crippen LogP contribution >= 0.6 is 0 Å². The molecule has 3 aromatic rings. The molecule has 0 radical (unpaired) electrons. The number of amides is 1. The zero-order chi connectivity index (χ0) is 21.5. The Morgan fingerprint density at radius 3 is 2.40 bits per heavy atom. The van der Waals surface area contributed by atoms with Crippen LogP contribution in [0.4, 0.5) is 0 Å². The van der Waals surface area contributed by atoms with E-state index in [0.717, 1.165) is 31.6 Å². The van der Waals surface area contributed by atoms with Gasteiger partial charge in [0.25, 0.3) is 5.91 Å². The van der Waals surface area contributed by atoms with E-state index in [9.17, 15) is 9.59 Å². The number of fused-ring (bicyclic) bond motifs is 1. The van der Waals surface area contributed by atoms with Crippen LogP contribution in [0.25, 0.3) is 22.3 Å². The fourth-order valence-corrected chi connectivity index (χ4v) is 3.72. The van der Waals surface area contributed by atoms with Crippen molar-refractivity contribution in [3.8, 4) is 11.3 Å². The predicted octanol–water partition coefficient (Wildman–Crippen LogP) is 4.48. The second kappa shape index (κ2) is 10.2. The van der Waals surface area contributed by atoms with Crippen molar-refractivity contribution in [1.29, 1.82) is 0 Å². The highest BCUT2D eigenvalue weighted by atomic mass is 16.3. The molecule has 1 amide bonds. The van der Waals surface area contributed by atoms with Crippen LogP contribution in [-0.2, 0) is 6.42 Å². The molecule has 5 nitrogen and oxygen atoms in total. The molecule has 0 saturated heterocycles. The maximum absolute atomic E-state index is 13.1. The van der Waals surface area contributed by atoms with Gasteiger partial charge in [0.05, 0.1) is 10.9 Å². The Morgan fingerprint density at radius 2 is 1.73 bits per heavy atom. The highest BCUT2D eigenvalue weighted by molar-refractivity contribution is 6.05. The molecule has 0 saturated carbocycles. The van der Waals surface area contributed by atoms with Gasteiger partial charge >= 0.3 is 0 Å². The van der Waals surface area contributed by atoms with Crippen molar-refractivity contribution >= 4 is 16.9 Å². The number of carbonyl (C=O) groups excluding carboxylic acids is 1. The lowest BCUT2D eigenvalue weighted by molar-refractivity contribution is 0.0952. The van der Waals surface area contributed by atoms with Crippen LogP contribution < -0.4 is 10.7 Å². The van der Waals surface area contributed by atoms with Crippen LogP contribution in [-0.4, -0.2) is 37.0 Å². The molecule has 1 N–H and O–H groups in total. The molecule has 158 valence electrons. The van der Waals surface area contributed by atoms with Gasteiger partial charge in [-0.1, -0.05) is 57.2 Å². The van der Waals surface area contributed by atoms with Gasteiger partial charge < -0.3 is 14.6 Å². The molecule has 0 aliphatic carbocycles. The van der Waals surface area contributed by atoms with E-state index < -0.39 is 0 Å². The molecule has 0 atom stereocenters. The molecule has 0 aliphatic rings. The summed E-state index contributed by atoms with van der Waals surface area (Å²) in [5, 5.41) is 3.42. The molecule has 30 heavy (non-hydrogen) atoms. The molecular weight excluding hydrogens is 376 g/mol. The van der Waals surface area contributed by atoms with Crippen LogP contribution in [0, 0.1) is 0 Å². The minimum Gasteiger partial charge on any atom is -0.455 e. The van der Waals surface area contributed by atoms with Crippen LogP contribution in [0.1, 0.15) is 43.1 Å². The lowest BCUT2D eigenvalue weighted by atomic mass is 10.0. The molecule has 5 heteroatoms. The molecule has 0 aliphatic heterocycles. The van der Waals surface area contributed by atoms with Crippen LogP contribution in [0.5, 0.6) is 0 Å². The number of benzene rings is 2. The summed E-state index contributed by atoms with van der Waals surface area (Å²) in [7, 11) is 0. The number of nitrogens with one attached hydrogen (secondary N) is 1. The quantitative estimate of drug-likeness (QED) is 0.532. The molecule has 0 bridgehead atoms. The fraction of sp³-hybridized carbons (Fsp3) is 0.360. The van der Waals surface area contributed by atoms with E-state index in [1.54, 1.807) is 18.2 Å². The first-order valence-corrected chi connectivity index (χ1v) is 10.7. The normalized spacial score (nSPS) is 11.2. The first-order valence-electron chi connectivity index (χ1n) is 10.7. The largest absolute Gasteiger partial charge is 0.455 e. The SMILES string of the molecule is CCc1c(-c2ccccc2)oc2c(C(=O)NCCCN(CC)CC)cccc2c1=O. The maximum Gasteiger partial charge on any atom is 0.255 e. The molecule has 0 spiro atoms. The average Bonchev–Trinajstić information content (AvgIpc) is 2.79. The van der Waals surface area contributed by atoms with Gasteiger partial charge in [0, 0.05) is 17.7 Å². The lowest BCUT2D eigenvalue weighted by Gasteiger charge is -2.17. The van der Waals surface area contributed by atoms with Gasteiger partial charge in [0.2, 0.25) is 0 Å². The highest BCUT2D eigenvalue weighted by Crippen LogP contribution is 2.28. The predicted molar refractivity (Wildman–Crippen MR) is 122 cm³/mol. The minimum atomic E-state index is -0.216. The Balaban J connectivity index is 1.93. The second-order valence-electron chi connectivity index (χ2n) is 7.28. The Bertz CT molecular complexity index is 1050. The summed E-state index contributed by atoms with van der Waals surface area (Å²) < 4.78 is 6.21. The zero-order valence-corrected chi connectivity index (χ0v) is 18.0. The first kappa shape index (κ1) is 21.8. The summed E-state index contributed by atoms with van der Waals surface area (Å²) in [5.41, 5.74) is 2.13. The van der Waals surface area contributed by atoms with Crippen LogP contribution in [0.2, 0.25) is 0 Å². The summed E-state index contributed by atoms with van der Waals surface area (Å²) in [6.07, 6.45) is 1.43. The van der Waals surface area contributed by atoms with Gasteiger partial charge in [0.15, 0.2) is 11.0 Å². The third kappa shape index (κ3) is 4.62. The smallest absolute Gasteiger partial charge is 0.255 e. The lowest BCUT2D eigenvalue weighted by Crippen LogP contribution is -2.30. The Labute approximate surface area is 177 Å². The van der Waals surface area contributed by atoms with Crippen molar-refractivity contribution in [2.45, 2.75) is 33.6 Å². The summed E-state index contributed by atoms with van der Waals surface area (Å²) in [4.78, 5) is 28.3. The number of hydrogen-bond donors (Lipinski definition) is 1. The van der Waals surface area contributed by atoms with Gasteiger partial charge in [0.1, 0.15) is 5.76 Å². The molecule has 0 unspecified atom stereocenters. The summed E-state index contributed by atoms with van der Waals surface area (Å²) in [6, 6.07) is 14.8. The van der Waals surface area contributed by atoms with Crippen molar-refractivity contribution in [3.63, 3.8) is 0 Å². The average molecular weight is 407 g/mol. The Hall–Kier alpha value is -2.92. The van der Waals surface area contributed by atoms with Crippen molar-refractivity contribution < 1.29 is 9.21 Å². The van der Waals surface area contributed by atoms with E-state index in [1.807, 2.05) is 37.3 Å². The minimum absolute atomic E-state index is 0.0752. The summed E-state index contributed by atoms with van der Waals surface area (Å²) >= 11 is 0. The Kier molecular flexibility index (Phi) is 7.41. The van der Waals surface area contributed by atoms with Crippen molar-refractivity contribution in [2.75, 3.05) is 26.2 Å². The van der Waals surface area contributed by atoms with E-state index in [0.29, 0.717) is 40.8 Å². The molecule has 1 heterocycles. The number of carbonyl (C=O) groups is 1. The third-order valence-electron chi connectivity index (χ3n) is 5.48.